The minimum absolute atomic E-state index is 0.100. The van der Waals surface area contributed by atoms with Gasteiger partial charge in [-0.05, 0) is 11.6 Å². The molecule has 0 aliphatic carbocycles. The minimum atomic E-state index is -0.356. The molecule has 3 rings (SSSR count). The first-order valence-corrected chi connectivity index (χ1v) is 8.21. The predicted octanol–water partition coefficient (Wildman–Crippen LogP) is 0.785. The van der Waals surface area contributed by atoms with Crippen LogP contribution < -0.4 is 16.0 Å². The maximum Gasteiger partial charge on any atom is 0.409 e. The SMILES string of the molecule is O=C(NCCN1CCOC1=O)Nc1ccccc1CN1CCNC1=O. The number of carbonyl (C=O) groups is 3. The van der Waals surface area contributed by atoms with Crippen LogP contribution in [0.3, 0.4) is 0 Å². The Hall–Kier alpha value is -2.97. The van der Waals surface area contributed by atoms with Gasteiger partial charge in [0.15, 0.2) is 0 Å². The van der Waals surface area contributed by atoms with E-state index in [1.807, 2.05) is 18.2 Å². The van der Waals surface area contributed by atoms with Crippen molar-refractivity contribution in [3.63, 3.8) is 0 Å². The van der Waals surface area contributed by atoms with Gasteiger partial charge >= 0.3 is 18.2 Å². The summed E-state index contributed by atoms with van der Waals surface area (Å²) in [6.45, 7) is 3.38. The quantitative estimate of drug-likeness (QED) is 0.708. The molecular formula is C16H21N5O4. The van der Waals surface area contributed by atoms with Crippen molar-refractivity contribution in [1.82, 2.24) is 20.4 Å². The molecule has 1 aromatic carbocycles. The van der Waals surface area contributed by atoms with E-state index in [4.69, 9.17) is 4.74 Å². The molecule has 0 bridgehead atoms. The summed E-state index contributed by atoms with van der Waals surface area (Å²) in [5.41, 5.74) is 1.51. The van der Waals surface area contributed by atoms with Gasteiger partial charge in [-0.1, -0.05) is 18.2 Å². The number of hydrogen-bond donors (Lipinski definition) is 3. The molecule has 0 aromatic heterocycles. The molecule has 0 atom stereocenters. The van der Waals surface area contributed by atoms with Gasteiger partial charge in [-0.2, -0.15) is 0 Å². The molecule has 9 nitrogen and oxygen atoms in total. The smallest absolute Gasteiger partial charge is 0.409 e. The fraction of sp³-hybridized carbons (Fsp3) is 0.438. The van der Waals surface area contributed by atoms with E-state index in [0.717, 1.165) is 5.56 Å². The van der Waals surface area contributed by atoms with E-state index in [2.05, 4.69) is 16.0 Å². The molecule has 2 heterocycles. The van der Waals surface area contributed by atoms with E-state index >= 15 is 0 Å². The van der Waals surface area contributed by atoms with Gasteiger partial charge in [-0.3, -0.25) is 0 Å². The number of nitrogens with one attached hydrogen (secondary N) is 3. The Morgan fingerprint density at radius 2 is 2.04 bits per heavy atom. The third kappa shape index (κ3) is 4.31. The van der Waals surface area contributed by atoms with Crippen molar-refractivity contribution in [3.8, 4) is 0 Å². The van der Waals surface area contributed by atoms with E-state index in [-0.39, 0.29) is 18.2 Å². The number of ether oxygens (including phenoxy) is 1. The monoisotopic (exact) mass is 347 g/mol. The number of anilines is 1. The van der Waals surface area contributed by atoms with Crippen molar-refractivity contribution in [3.05, 3.63) is 29.8 Å². The first kappa shape index (κ1) is 16.9. The van der Waals surface area contributed by atoms with Gasteiger partial charge in [-0.15, -0.1) is 0 Å². The zero-order chi connectivity index (χ0) is 17.6. The highest BCUT2D eigenvalue weighted by Gasteiger charge is 2.22. The number of nitrogens with zero attached hydrogens (tertiary/aromatic N) is 2. The number of urea groups is 2. The lowest BCUT2D eigenvalue weighted by molar-refractivity contribution is 0.158. The number of benzene rings is 1. The van der Waals surface area contributed by atoms with E-state index in [1.165, 1.54) is 0 Å². The fourth-order valence-corrected chi connectivity index (χ4v) is 2.75. The van der Waals surface area contributed by atoms with Crippen LogP contribution in [0.15, 0.2) is 24.3 Å². The molecule has 2 saturated heterocycles. The summed E-state index contributed by atoms with van der Waals surface area (Å²) in [5, 5.41) is 8.26. The molecule has 2 fully saturated rings. The topological polar surface area (TPSA) is 103 Å². The minimum Gasteiger partial charge on any atom is -0.448 e. The van der Waals surface area contributed by atoms with Crippen LogP contribution in [0, 0.1) is 0 Å². The van der Waals surface area contributed by atoms with Crippen molar-refractivity contribution in [1.29, 1.82) is 0 Å². The van der Waals surface area contributed by atoms with Crippen LogP contribution in [0.25, 0.3) is 0 Å². The maximum atomic E-state index is 12.1. The first-order chi connectivity index (χ1) is 12.1. The Morgan fingerprint density at radius 3 is 2.76 bits per heavy atom. The molecular weight excluding hydrogens is 326 g/mol. The summed E-state index contributed by atoms with van der Waals surface area (Å²) >= 11 is 0. The maximum absolute atomic E-state index is 12.1. The summed E-state index contributed by atoms with van der Waals surface area (Å²) in [4.78, 5) is 38.3. The number of hydrogen-bond acceptors (Lipinski definition) is 4. The van der Waals surface area contributed by atoms with Gasteiger partial charge in [0.25, 0.3) is 0 Å². The summed E-state index contributed by atoms with van der Waals surface area (Å²) in [5.74, 6) is 0. The Kier molecular flexibility index (Phi) is 5.22. The normalized spacial score (nSPS) is 16.6. The standard InChI is InChI=1S/C16H21N5O4/c22-14(17-5-7-20-9-10-25-16(20)24)19-13-4-2-1-3-12(13)11-21-8-6-18-15(21)23/h1-4H,5-11H2,(H,18,23)(H2,17,19,22). The van der Waals surface area contributed by atoms with Gasteiger partial charge in [0.2, 0.25) is 0 Å². The molecule has 0 saturated carbocycles. The average molecular weight is 347 g/mol. The van der Waals surface area contributed by atoms with E-state index in [9.17, 15) is 14.4 Å². The Balaban J connectivity index is 1.50. The van der Waals surface area contributed by atoms with Gasteiger partial charge in [0, 0.05) is 38.4 Å². The number of carbonyl (C=O) groups excluding carboxylic acids is 3. The lowest BCUT2D eigenvalue weighted by Crippen LogP contribution is -2.37. The highest BCUT2D eigenvalue weighted by molar-refractivity contribution is 5.90. The molecule has 0 unspecified atom stereocenters. The molecule has 5 amide bonds. The van der Waals surface area contributed by atoms with Crippen molar-refractivity contribution >= 4 is 23.8 Å². The van der Waals surface area contributed by atoms with Gasteiger partial charge in [0.1, 0.15) is 6.61 Å². The summed E-state index contributed by atoms with van der Waals surface area (Å²) in [6, 6.07) is 6.90. The summed E-state index contributed by atoms with van der Waals surface area (Å²) in [7, 11) is 0. The highest BCUT2D eigenvalue weighted by Crippen LogP contribution is 2.18. The third-order valence-electron chi connectivity index (χ3n) is 4.08. The molecule has 1 aromatic rings. The van der Waals surface area contributed by atoms with Crippen LogP contribution in [-0.2, 0) is 11.3 Å². The van der Waals surface area contributed by atoms with Crippen LogP contribution in [-0.4, -0.2) is 67.3 Å². The second-order valence-electron chi connectivity index (χ2n) is 5.79. The largest absolute Gasteiger partial charge is 0.448 e. The molecule has 0 spiro atoms. The van der Waals surface area contributed by atoms with Gasteiger partial charge in [0.05, 0.1) is 6.54 Å². The zero-order valence-electron chi connectivity index (χ0n) is 13.8. The lowest BCUT2D eigenvalue weighted by Gasteiger charge is -2.18. The van der Waals surface area contributed by atoms with Crippen LogP contribution in [0.4, 0.5) is 20.1 Å². The fourth-order valence-electron chi connectivity index (χ4n) is 2.75. The van der Waals surface area contributed by atoms with E-state index in [0.29, 0.717) is 51.6 Å². The number of amides is 5. The molecule has 0 radical (unpaired) electrons. The second kappa shape index (κ2) is 7.73. The lowest BCUT2D eigenvalue weighted by atomic mass is 10.1. The van der Waals surface area contributed by atoms with Crippen LogP contribution in [0.2, 0.25) is 0 Å². The van der Waals surface area contributed by atoms with Gasteiger partial charge < -0.3 is 30.5 Å². The Morgan fingerprint density at radius 1 is 1.20 bits per heavy atom. The Labute approximate surface area is 145 Å². The molecule has 25 heavy (non-hydrogen) atoms. The van der Waals surface area contributed by atoms with Crippen molar-refractivity contribution in [2.45, 2.75) is 6.54 Å². The molecule has 134 valence electrons. The second-order valence-corrected chi connectivity index (χ2v) is 5.79. The zero-order valence-corrected chi connectivity index (χ0v) is 13.8. The summed E-state index contributed by atoms with van der Waals surface area (Å²) in [6.07, 6.45) is -0.351. The third-order valence-corrected chi connectivity index (χ3v) is 4.08. The van der Waals surface area contributed by atoms with Crippen molar-refractivity contribution in [2.75, 3.05) is 44.6 Å². The van der Waals surface area contributed by atoms with Gasteiger partial charge in [-0.25, -0.2) is 14.4 Å². The van der Waals surface area contributed by atoms with Crippen molar-refractivity contribution in [2.24, 2.45) is 0 Å². The number of rotatable bonds is 6. The Bertz CT molecular complexity index is 666. The van der Waals surface area contributed by atoms with E-state index < -0.39 is 0 Å². The molecule has 3 N–H and O–H groups in total. The molecule has 9 heteroatoms. The molecule has 2 aliphatic rings. The molecule has 2 aliphatic heterocycles. The highest BCUT2D eigenvalue weighted by atomic mass is 16.6. The number of para-hydroxylation sites is 1. The van der Waals surface area contributed by atoms with E-state index in [1.54, 1.807) is 15.9 Å². The van der Waals surface area contributed by atoms with Crippen molar-refractivity contribution < 1.29 is 19.1 Å². The number of cyclic esters (lactones) is 1. The van der Waals surface area contributed by atoms with Crippen LogP contribution in [0.5, 0.6) is 0 Å². The van der Waals surface area contributed by atoms with Crippen LogP contribution in [0.1, 0.15) is 5.56 Å². The summed E-state index contributed by atoms with van der Waals surface area (Å²) < 4.78 is 4.83. The predicted molar refractivity (Wildman–Crippen MR) is 90.2 cm³/mol. The van der Waals surface area contributed by atoms with Crippen LogP contribution >= 0.6 is 0 Å². The first-order valence-electron chi connectivity index (χ1n) is 8.21. The average Bonchev–Trinajstić information content (AvgIpc) is 3.18.